The maximum absolute atomic E-state index is 13.3. The SMILES string of the molecule is CC(C)(C)OC(=O)N1C(=O)C(N2C(=O)c3cccc(CN=[N+]=[N-])c3C2=O)CC2(CC2)C1=O. The number of rotatable bonds is 3. The molecule has 1 aromatic carbocycles. The van der Waals surface area contributed by atoms with Crippen molar-refractivity contribution >= 4 is 29.7 Å². The normalized spacial score (nSPS) is 21.5. The first kappa shape index (κ1) is 21.5. The minimum Gasteiger partial charge on any atom is -0.443 e. The number of nitrogens with zero attached hydrogens (tertiary/aromatic N) is 5. The van der Waals surface area contributed by atoms with E-state index in [1.54, 1.807) is 32.9 Å². The molecule has 0 bridgehead atoms. The monoisotopic (exact) mass is 439 g/mol. The van der Waals surface area contributed by atoms with E-state index in [9.17, 15) is 24.0 Å². The highest BCUT2D eigenvalue weighted by Crippen LogP contribution is 2.54. The van der Waals surface area contributed by atoms with Crippen LogP contribution < -0.4 is 0 Å². The molecule has 1 saturated carbocycles. The Morgan fingerprint density at radius 3 is 2.50 bits per heavy atom. The molecule has 4 rings (SSSR count). The molecule has 0 radical (unpaired) electrons. The average Bonchev–Trinajstić information content (AvgIpc) is 3.44. The molecule has 1 saturated heterocycles. The Morgan fingerprint density at radius 1 is 1.22 bits per heavy atom. The van der Waals surface area contributed by atoms with E-state index in [1.807, 2.05) is 0 Å². The second kappa shape index (κ2) is 7.16. The molecule has 2 heterocycles. The average molecular weight is 439 g/mol. The van der Waals surface area contributed by atoms with Gasteiger partial charge in [0.15, 0.2) is 0 Å². The maximum Gasteiger partial charge on any atom is 0.424 e. The predicted molar refractivity (Wildman–Crippen MR) is 108 cm³/mol. The summed E-state index contributed by atoms with van der Waals surface area (Å²) >= 11 is 0. The van der Waals surface area contributed by atoms with E-state index in [2.05, 4.69) is 10.0 Å². The van der Waals surface area contributed by atoms with Gasteiger partial charge in [0.1, 0.15) is 11.6 Å². The van der Waals surface area contributed by atoms with E-state index in [0.29, 0.717) is 23.3 Å². The quantitative estimate of drug-likeness (QED) is 0.306. The zero-order valence-electron chi connectivity index (χ0n) is 17.8. The maximum atomic E-state index is 13.3. The summed E-state index contributed by atoms with van der Waals surface area (Å²) in [6.45, 7) is 4.66. The summed E-state index contributed by atoms with van der Waals surface area (Å²) < 4.78 is 5.24. The minimum atomic E-state index is -1.32. The van der Waals surface area contributed by atoms with Gasteiger partial charge in [0.2, 0.25) is 5.91 Å². The molecule has 0 N–H and O–H groups in total. The standard InChI is InChI=1S/C21H21N5O6/c1-20(2,3)32-19(31)26-16(28)13(9-21(7-8-21)18(26)30)25-15(27)12-6-4-5-11(10-23-24-22)14(12)17(25)29/h4-6,13H,7-10H2,1-3H3. The zero-order valence-corrected chi connectivity index (χ0v) is 17.8. The Balaban J connectivity index is 1.71. The first-order valence-electron chi connectivity index (χ1n) is 10.1. The lowest BCUT2D eigenvalue weighted by Crippen LogP contribution is -2.61. The van der Waals surface area contributed by atoms with Crippen LogP contribution in [0.4, 0.5) is 4.79 Å². The lowest BCUT2D eigenvalue weighted by atomic mass is 9.89. The number of azide groups is 1. The Kier molecular flexibility index (Phi) is 4.82. The van der Waals surface area contributed by atoms with Gasteiger partial charge in [-0.05, 0) is 57.2 Å². The highest BCUT2D eigenvalue weighted by Gasteiger charge is 2.63. The topological polar surface area (TPSA) is 150 Å². The molecule has 32 heavy (non-hydrogen) atoms. The predicted octanol–water partition coefficient (Wildman–Crippen LogP) is 2.94. The molecule has 2 aliphatic heterocycles. The van der Waals surface area contributed by atoms with Crippen LogP contribution in [0.15, 0.2) is 23.3 Å². The number of ether oxygens (including phenoxy) is 1. The molecule has 1 atom stereocenters. The van der Waals surface area contributed by atoms with Crippen LogP contribution >= 0.6 is 0 Å². The first-order chi connectivity index (χ1) is 15.0. The van der Waals surface area contributed by atoms with Crippen molar-refractivity contribution in [3.05, 3.63) is 45.3 Å². The smallest absolute Gasteiger partial charge is 0.424 e. The molecule has 0 aromatic heterocycles. The second-order valence-corrected chi connectivity index (χ2v) is 9.17. The Hall–Kier alpha value is -3.72. The molecular formula is C21H21N5O6. The summed E-state index contributed by atoms with van der Waals surface area (Å²) in [5, 5.41) is 3.46. The fourth-order valence-corrected chi connectivity index (χ4v) is 4.18. The summed E-state index contributed by atoms with van der Waals surface area (Å²) in [6.07, 6.45) is -0.272. The van der Waals surface area contributed by atoms with Crippen LogP contribution in [0.25, 0.3) is 10.4 Å². The van der Waals surface area contributed by atoms with E-state index in [0.717, 1.165) is 4.90 Å². The van der Waals surface area contributed by atoms with Crippen molar-refractivity contribution in [2.45, 2.75) is 58.2 Å². The summed E-state index contributed by atoms with van der Waals surface area (Å²) in [7, 11) is 0. The first-order valence-corrected chi connectivity index (χ1v) is 10.1. The molecule has 2 fully saturated rings. The van der Waals surface area contributed by atoms with Gasteiger partial charge in [-0.15, -0.1) is 0 Å². The number of amides is 5. The summed E-state index contributed by atoms with van der Waals surface area (Å²) in [5.74, 6) is -3.04. The van der Waals surface area contributed by atoms with Crippen molar-refractivity contribution in [1.29, 1.82) is 0 Å². The van der Waals surface area contributed by atoms with Gasteiger partial charge in [0.05, 0.1) is 23.1 Å². The molecule has 1 aromatic rings. The molecule has 11 heteroatoms. The number of benzene rings is 1. The Morgan fingerprint density at radius 2 is 1.91 bits per heavy atom. The second-order valence-electron chi connectivity index (χ2n) is 9.17. The van der Waals surface area contributed by atoms with Gasteiger partial charge in [-0.2, -0.15) is 4.90 Å². The van der Waals surface area contributed by atoms with E-state index in [4.69, 9.17) is 10.3 Å². The number of piperidine rings is 1. The number of hydrogen-bond donors (Lipinski definition) is 0. The number of likely N-dealkylation sites (tertiary alicyclic amines) is 1. The third kappa shape index (κ3) is 3.31. The van der Waals surface area contributed by atoms with E-state index < -0.39 is 46.8 Å². The number of fused-ring (bicyclic) bond motifs is 1. The molecule has 3 aliphatic rings. The highest BCUT2D eigenvalue weighted by molar-refractivity contribution is 6.25. The molecule has 11 nitrogen and oxygen atoms in total. The van der Waals surface area contributed by atoms with E-state index in [1.165, 1.54) is 6.07 Å². The highest BCUT2D eigenvalue weighted by atomic mass is 16.6. The molecule has 1 spiro atoms. The Bertz CT molecular complexity index is 1130. The zero-order chi connectivity index (χ0) is 23.4. The molecule has 1 aliphatic carbocycles. The van der Waals surface area contributed by atoms with Crippen molar-refractivity contribution in [2.24, 2.45) is 10.5 Å². The summed E-state index contributed by atoms with van der Waals surface area (Å²) in [4.78, 5) is 69.2. The fourth-order valence-electron chi connectivity index (χ4n) is 4.18. The van der Waals surface area contributed by atoms with Gasteiger partial charge in [-0.3, -0.25) is 24.1 Å². The van der Waals surface area contributed by atoms with Crippen molar-refractivity contribution in [1.82, 2.24) is 9.80 Å². The van der Waals surface area contributed by atoms with Crippen LogP contribution in [-0.4, -0.2) is 51.2 Å². The van der Waals surface area contributed by atoms with Gasteiger partial charge < -0.3 is 4.74 Å². The lowest BCUT2D eigenvalue weighted by Gasteiger charge is -2.38. The van der Waals surface area contributed by atoms with Gasteiger partial charge >= 0.3 is 6.09 Å². The number of imide groups is 4. The van der Waals surface area contributed by atoms with E-state index in [-0.39, 0.29) is 24.1 Å². The number of hydrogen-bond acceptors (Lipinski definition) is 7. The molecule has 166 valence electrons. The van der Waals surface area contributed by atoms with E-state index >= 15 is 0 Å². The molecule has 1 unspecified atom stereocenters. The number of carbonyl (C=O) groups is 5. The van der Waals surface area contributed by atoms with Crippen molar-refractivity contribution in [3.8, 4) is 0 Å². The fraction of sp³-hybridized carbons (Fsp3) is 0.476. The summed E-state index contributed by atoms with van der Waals surface area (Å²) in [6, 6.07) is 3.25. The molecular weight excluding hydrogens is 418 g/mol. The van der Waals surface area contributed by atoms with Crippen LogP contribution in [0, 0.1) is 5.41 Å². The third-order valence-corrected chi connectivity index (χ3v) is 5.82. The van der Waals surface area contributed by atoms with Crippen molar-refractivity contribution < 1.29 is 28.7 Å². The van der Waals surface area contributed by atoms with Crippen molar-refractivity contribution in [3.63, 3.8) is 0 Å². The summed E-state index contributed by atoms with van der Waals surface area (Å²) in [5.41, 5.74) is 7.17. The van der Waals surface area contributed by atoms with Crippen LogP contribution in [0.3, 0.4) is 0 Å². The largest absolute Gasteiger partial charge is 0.443 e. The van der Waals surface area contributed by atoms with Gasteiger partial charge in [-0.1, -0.05) is 17.2 Å². The Labute approximate surface area is 182 Å². The van der Waals surface area contributed by atoms with Crippen LogP contribution in [0.5, 0.6) is 0 Å². The van der Waals surface area contributed by atoms with Gasteiger partial charge in [0.25, 0.3) is 17.7 Å². The van der Waals surface area contributed by atoms with Gasteiger partial charge in [-0.25, -0.2) is 4.79 Å². The lowest BCUT2D eigenvalue weighted by molar-refractivity contribution is -0.155. The van der Waals surface area contributed by atoms with Crippen LogP contribution in [-0.2, 0) is 20.9 Å². The minimum absolute atomic E-state index is 0.0406. The van der Waals surface area contributed by atoms with Crippen LogP contribution in [0.2, 0.25) is 0 Å². The van der Waals surface area contributed by atoms with Crippen molar-refractivity contribution in [2.75, 3.05) is 0 Å². The third-order valence-electron chi connectivity index (χ3n) is 5.82. The van der Waals surface area contributed by atoms with Gasteiger partial charge in [0, 0.05) is 4.91 Å². The van der Waals surface area contributed by atoms with Crippen LogP contribution in [0.1, 0.15) is 66.3 Å². The molecule has 5 amide bonds. The number of carbonyl (C=O) groups excluding carboxylic acids is 5.